The first-order valence-corrected chi connectivity index (χ1v) is 14.5. The van der Waals surface area contributed by atoms with Gasteiger partial charge >= 0.3 is 5.97 Å². The topological polar surface area (TPSA) is 110 Å². The van der Waals surface area contributed by atoms with Crippen LogP contribution in [0, 0.1) is 6.92 Å². The molecule has 0 radical (unpaired) electrons. The molecule has 39 heavy (non-hydrogen) atoms. The second-order valence-corrected chi connectivity index (χ2v) is 12.4. The molecule has 0 unspecified atom stereocenters. The number of Topliss-reactive ketones (excluding diaryl/α,β-unsaturated/α-hetero) is 1. The Labute approximate surface area is 228 Å². The van der Waals surface area contributed by atoms with E-state index in [1.807, 2.05) is 43.3 Å². The largest absolute Gasteiger partial charge is 0.480 e. The molecule has 1 saturated heterocycles. The first-order chi connectivity index (χ1) is 18.7. The highest BCUT2D eigenvalue weighted by Crippen LogP contribution is 2.51. The highest BCUT2D eigenvalue weighted by Gasteiger charge is 2.50. The van der Waals surface area contributed by atoms with Crippen molar-refractivity contribution < 1.29 is 34.0 Å². The minimum Gasteiger partial charge on any atom is -0.480 e. The molecule has 8 nitrogen and oxygen atoms in total. The smallest absolute Gasteiger partial charge is 0.322 e. The van der Waals surface area contributed by atoms with E-state index >= 15 is 0 Å². The van der Waals surface area contributed by atoms with Gasteiger partial charge in [0.15, 0.2) is 11.5 Å². The van der Waals surface area contributed by atoms with Gasteiger partial charge in [0.25, 0.3) is 0 Å². The molecule has 1 saturated carbocycles. The first-order valence-electron chi connectivity index (χ1n) is 13.1. The highest BCUT2D eigenvalue weighted by atomic mass is 32.2. The molecule has 1 atom stereocenters. The van der Waals surface area contributed by atoms with Crippen molar-refractivity contribution in [3.63, 3.8) is 0 Å². The molecule has 2 heterocycles. The number of fused-ring (bicyclic) bond motifs is 1. The van der Waals surface area contributed by atoms with Gasteiger partial charge in [-0.1, -0.05) is 36.4 Å². The Morgan fingerprint density at radius 2 is 1.77 bits per heavy atom. The van der Waals surface area contributed by atoms with Crippen molar-refractivity contribution in [1.82, 2.24) is 4.31 Å². The third kappa shape index (κ3) is 4.49. The third-order valence-electron chi connectivity index (χ3n) is 8.14. The average Bonchev–Trinajstić information content (AvgIpc) is 3.34. The van der Waals surface area contributed by atoms with E-state index in [0.29, 0.717) is 30.8 Å². The molecule has 3 aromatic rings. The number of benzene rings is 3. The van der Waals surface area contributed by atoms with Crippen molar-refractivity contribution in [3.05, 3.63) is 77.4 Å². The van der Waals surface area contributed by atoms with E-state index in [9.17, 15) is 23.1 Å². The van der Waals surface area contributed by atoms with Crippen molar-refractivity contribution in [3.8, 4) is 22.6 Å². The van der Waals surface area contributed by atoms with Crippen molar-refractivity contribution in [2.45, 2.75) is 55.4 Å². The van der Waals surface area contributed by atoms with E-state index in [4.69, 9.17) is 9.47 Å². The predicted octanol–water partition coefficient (Wildman–Crippen LogP) is 4.72. The fraction of sp³-hybridized carbons (Fsp3) is 0.333. The number of sulfonamides is 1. The van der Waals surface area contributed by atoms with Crippen LogP contribution in [0.1, 0.15) is 43.8 Å². The van der Waals surface area contributed by atoms with Crippen LogP contribution < -0.4 is 9.47 Å². The Kier molecular flexibility index (Phi) is 6.23. The van der Waals surface area contributed by atoms with Crippen molar-refractivity contribution in [2.24, 2.45) is 0 Å². The lowest BCUT2D eigenvalue weighted by molar-refractivity contribution is -0.140. The van der Waals surface area contributed by atoms with E-state index in [1.54, 1.807) is 12.1 Å². The Morgan fingerprint density at radius 1 is 1.03 bits per heavy atom. The molecule has 204 valence electrons. The summed E-state index contributed by atoms with van der Waals surface area (Å²) in [5.74, 6) is 0.418. The summed E-state index contributed by atoms with van der Waals surface area (Å²) in [5.41, 5.74) is 4.11. The molecule has 3 aliphatic rings. The van der Waals surface area contributed by atoms with Crippen LogP contribution in [0.5, 0.6) is 11.5 Å². The summed E-state index contributed by atoms with van der Waals surface area (Å²) in [4.78, 5) is 25.1. The molecule has 1 aliphatic carbocycles. The van der Waals surface area contributed by atoms with Gasteiger partial charge in [-0.2, -0.15) is 4.31 Å². The molecule has 2 fully saturated rings. The highest BCUT2D eigenvalue weighted by molar-refractivity contribution is 7.89. The van der Waals surface area contributed by atoms with Gasteiger partial charge in [-0.05, 0) is 84.7 Å². The monoisotopic (exact) mass is 549 g/mol. The van der Waals surface area contributed by atoms with E-state index in [2.05, 4.69) is 0 Å². The Hall–Kier alpha value is -3.69. The van der Waals surface area contributed by atoms with Crippen molar-refractivity contribution in [2.75, 3.05) is 13.3 Å². The maximum atomic E-state index is 13.5. The van der Waals surface area contributed by atoms with E-state index < -0.39 is 27.4 Å². The average molecular weight is 550 g/mol. The summed E-state index contributed by atoms with van der Waals surface area (Å²) < 4.78 is 38.3. The van der Waals surface area contributed by atoms with Gasteiger partial charge in [0, 0.05) is 14.4 Å². The molecule has 0 amide bonds. The number of hydrogen-bond acceptors (Lipinski definition) is 6. The Bertz CT molecular complexity index is 1580. The zero-order valence-electron chi connectivity index (χ0n) is 21.6. The van der Waals surface area contributed by atoms with Gasteiger partial charge < -0.3 is 14.6 Å². The number of carbonyl (C=O) groups is 2. The van der Waals surface area contributed by atoms with Gasteiger partial charge in [-0.15, -0.1) is 0 Å². The summed E-state index contributed by atoms with van der Waals surface area (Å²) in [5, 5.41) is 9.42. The minimum atomic E-state index is -3.91. The number of ether oxygens (including phenoxy) is 2. The van der Waals surface area contributed by atoms with Crippen molar-refractivity contribution >= 4 is 21.8 Å². The fourth-order valence-electron chi connectivity index (χ4n) is 5.71. The maximum absolute atomic E-state index is 13.5. The van der Waals surface area contributed by atoms with Crippen LogP contribution in [0.4, 0.5) is 0 Å². The Balaban J connectivity index is 0.00000323. The second-order valence-electron chi connectivity index (χ2n) is 10.5. The molecule has 3 aromatic carbocycles. The zero-order chi connectivity index (χ0) is 27.4. The van der Waals surface area contributed by atoms with Gasteiger partial charge in [-0.25, -0.2) is 8.42 Å². The lowest BCUT2D eigenvalue weighted by Gasteiger charge is -2.21. The third-order valence-corrected chi connectivity index (χ3v) is 10.1. The molecule has 0 bridgehead atoms. The quantitative estimate of drug-likeness (QED) is 0.433. The van der Waals surface area contributed by atoms with Gasteiger partial charge in [-0.3, -0.25) is 9.59 Å². The second kappa shape index (κ2) is 9.50. The number of carbonyl (C=O) groups excluding carboxylic acids is 1. The predicted molar refractivity (Wildman–Crippen MR) is 145 cm³/mol. The van der Waals surface area contributed by atoms with E-state index in [-0.39, 0.29) is 25.4 Å². The normalized spacial score (nSPS) is 19.7. The number of aliphatic carboxylic acids is 1. The number of ketones is 1. The summed E-state index contributed by atoms with van der Waals surface area (Å²) in [6.07, 6.45) is 2.74. The van der Waals surface area contributed by atoms with E-state index in [0.717, 1.165) is 45.0 Å². The molecule has 0 spiro atoms. The van der Waals surface area contributed by atoms with Crippen LogP contribution in [0.15, 0.2) is 65.6 Å². The molecular formula is C30H31NO7S. The number of hydrogen-bond donors (Lipinski definition) is 1. The first kappa shape index (κ1) is 25.6. The van der Waals surface area contributed by atoms with Crippen LogP contribution >= 0.6 is 0 Å². The molecule has 1 N–H and O–H groups in total. The van der Waals surface area contributed by atoms with Crippen molar-refractivity contribution in [1.29, 1.82) is 0 Å². The molecule has 2 aliphatic heterocycles. The summed E-state index contributed by atoms with van der Waals surface area (Å²) in [6, 6.07) is 17.2. The van der Waals surface area contributed by atoms with Crippen LogP contribution in [0.25, 0.3) is 11.1 Å². The van der Waals surface area contributed by atoms with Gasteiger partial charge in [0.05, 0.1) is 10.3 Å². The van der Waals surface area contributed by atoms with Crippen LogP contribution in [-0.2, 0) is 31.4 Å². The SMILES string of the molecule is Cc1ccc(CC(=O)C2(c3ccc4c(c3)OCO4)CC2)cc1-c1ccc(S(=O)(=O)N2CCC[C@H]2C(=O)O)cc1.[HH]. The number of carboxylic acids is 1. The lowest BCUT2D eigenvalue weighted by Crippen LogP contribution is -2.40. The number of aryl methyl sites for hydroxylation is 1. The fourth-order valence-corrected chi connectivity index (χ4v) is 7.36. The minimum absolute atomic E-state index is 0. The molecule has 6 rings (SSSR count). The van der Waals surface area contributed by atoms with Crippen LogP contribution in [-0.4, -0.2) is 49.0 Å². The molecule has 0 aromatic heterocycles. The van der Waals surface area contributed by atoms with Crippen LogP contribution in [0.2, 0.25) is 0 Å². The summed E-state index contributed by atoms with van der Waals surface area (Å²) in [7, 11) is -3.91. The summed E-state index contributed by atoms with van der Waals surface area (Å²) >= 11 is 0. The van der Waals surface area contributed by atoms with Gasteiger partial charge in [0.1, 0.15) is 11.8 Å². The lowest BCUT2D eigenvalue weighted by atomic mass is 9.87. The van der Waals surface area contributed by atoms with Crippen LogP contribution in [0.3, 0.4) is 0 Å². The molecule has 9 heteroatoms. The molecular weight excluding hydrogens is 518 g/mol. The number of rotatable bonds is 8. The zero-order valence-corrected chi connectivity index (χ0v) is 22.4. The standard InChI is InChI=1S/C30H29NO7S.H2/c1-19-4-5-20(16-28(32)30(12-13-30)22-8-11-26-27(17-22)38-18-37-26)15-24(19)21-6-9-23(10-7-21)39(35,36)31-14-2-3-25(31)29(33)34;/h4-11,15,17,25H,2-3,12-14,16,18H2,1H3,(H,33,34);1H/t25-;/m0./s1. The van der Waals surface area contributed by atoms with E-state index in [1.165, 1.54) is 12.1 Å². The Morgan fingerprint density at radius 3 is 2.49 bits per heavy atom. The van der Waals surface area contributed by atoms with Gasteiger partial charge in [0.2, 0.25) is 16.8 Å². The number of nitrogens with zero attached hydrogens (tertiary/aromatic N) is 1. The number of carboxylic acid groups (broad SMARTS) is 1. The summed E-state index contributed by atoms with van der Waals surface area (Å²) in [6.45, 7) is 2.37. The maximum Gasteiger partial charge on any atom is 0.322 e.